The number of benzene rings is 2. The van der Waals surface area contributed by atoms with E-state index < -0.39 is 11.5 Å². The molecule has 36 heavy (non-hydrogen) atoms. The Kier molecular flexibility index (Phi) is 6.63. The van der Waals surface area contributed by atoms with Crippen LogP contribution in [0.1, 0.15) is 52.1 Å². The summed E-state index contributed by atoms with van der Waals surface area (Å²) < 4.78 is 17.5. The van der Waals surface area contributed by atoms with Gasteiger partial charge in [0.05, 0.1) is 21.3 Å². The van der Waals surface area contributed by atoms with E-state index in [0.29, 0.717) is 52.6 Å². The molecule has 8 nitrogen and oxygen atoms in total. The number of aromatic nitrogens is 1. The highest BCUT2D eigenvalue weighted by Crippen LogP contribution is 2.40. The zero-order valence-corrected chi connectivity index (χ0v) is 21.4. The van der Waals surface area contributed by atoms with Gasteiger partial charge in [0.25, 0.3) is 11.5 Å². The minimum Gasteiger partial charge on any atom is -0.493 e. The van der Waals surface area contributed by atoms with Crippen LogP contribution < -0.4 is 25.1 Å². The van der Waals surface area contributed by atoms with Crippen molar-refractivity contribution in [2.75, 3.05) is 26.6 Å². The number of aryl methyl sites for hydroxylation is 1. The number of rotatable bonds is 6. The molecule has 1 amide bonds. The summed E-state index contributed by atoms with van der Waals surface area (Å²) in [5.74, 6) is 0.386. The number of carbonyl (C=O) groups is 2. The molecule has 0 saturated heterocycles. The lowest BCUT2D eigenvalue weighted by Gasteiger charge is -2.31. The van der Waals surface area contributed by atoms with Gasteiger partial charge in [0.1, 0.15) is 5.56 Å². The Labute approximate surface area is 209 Å². The van der Waals surface area contributed by atoms with Crippen LogP contribution in [0.25, 0.3) is 5.69 Å². The molecule has 1 aliphatic rings. The molecule has 0 spiro atoms. The summed E-state index contributed by atoms with van der Waals surface area (Å²) in [5, 5.41) is 2.80. The quantitative estimate of drug-likeness (QED) is 0.544. The molecule has 4 rings (SSSR count). The Morgan fingerprint density at radius 3 is 2.11 bits per heavy atom. The first kappa shape index (κ1) is 25.0. The summed E-state index contributed by atoms with van der Waals surface area (Å²) in [5.41, 5.74) is 1.90. The van der Waals surface area contributed by atoms with Crippen molar-refractivity contribution in [2.45, 2.75) is 33.6 Å². The van der Waals surface area contributed by atoms with Crippen LogP contribution in [0.15, 0.2) is 47.4 Å². The first-order chi connectivity index (χ1) is 17.1. The van der Waals surface area contributed by atoms with Crippen molar-refractivity contribution >= 4 is 17.4 Å². The lowest BCUT2D eigenvalue weighted by Crippen LogP contribution is -2.37. The predicted octanol–water partition coefficient (Wildman–Crippen LogP) is 4.58. The number of nitrogens with one attached hydrogen (secondary N) is 1. The number of nitrogens with zero attached hydrogens (tertiary/aromatic N) is 1. The van der Waals surface area contributed by atoms with Gasteiger partial charge in [0, 0.05) is 41.7 Å². The van der Waals surface area contributed by atoms with Crippen molar-refractivity contribution in [3.8, 4) is 22.9 Å². The lowest BCUT2D eigenvalue weighted by molar-refractivity contribution is 0.0910. The fourth-order valence-electron chi connectivity index (χ4n) is 4.62. The molecule has 0 unspecified atom stereocenters. The molecule has 3 aromatic rings. The third-order valence-electron chi connectivity index (χ3n) is 6.37. The molecule has 1 aromatic heterocycles. The zero-order chi connectivity index (χ0) is 26.2. The number of hydrogen-bond donors (Lipinski definition) is 1. The summed E-state index contributed by atoms with van der Waals surface area (Å²) in [6.45, 7) is 5.86. The van der Waals surface area contributed by atoms with E-state index >= 15 is 0 Å². The molecule has 1 heterocycles. The van der Waals surface area contributed by atoms with E-state index in [1.165, 1.54) is 25.9 Å². The summed E-state index contributed by atoms with van der Waals surface area (Å²) in [7, 11) is 4.44. The van der Waals surface area contributed by atoms with Crippen LogP contribution >= 0.6 is 0 Å². The Morgan fingerprint density at radius 2 is 1.56 bits per heavy atom. The number of methoxy groups -OCH3 is 3. The predicted molar refractivity (Wildman–Crippen MR) is 137 cm³/mol. The highest BCUT2D eigenvalue weighted by atomic mass is 16.5. The van der Waals surface area contributed by atoms with Gasteiger partial charge in [0.15, 0.2) is 17.3 Å². The monoisotopic (exact) mass is 490 g/mol. The standard InChI is InChI=1S/C28H30N2O6/c1-16-7-9-18(10-8-16)30-15-20-19(13-28(2,3)14-21(20)31)24(27(30)33)26(32)29-17-11-22(34-4)25(36-6)23(12-17)35-5/h7-12,15H,13-14H2,1-6H3,(H,29,32). The van der Waals surface area contributed by atoms with E-state index in [0.717, 1.165) is 5.56 Å². The van der Waals surface area contributed by atoms with Crippen molar-refractivity contribution in [3.63, 3.8) is 0 Å². The van der Waals surface area contributed by atoms with Crippen LogP contribution in [0, 0.1) is 12.3 Å². The molecule has 8 heteroatoms. The van der Waals surface area contributed by atoms with E-state index in [2.05, 4.69) is 5.32 Å². The second kappa shape index (κ2) is 9.53. The first-order valence-corrected chi connectivity index (χ1v) is 11.6. The Hall–Kier alpha value is -4.07. The summed E-state index contributed by atoms with van der Waals surface area (Å²) in [6.07, 6.45) is 2.33. The molecular weight excluding hydrogens is 460 g/mol. The van der Waals surface area contributed by atoms with Crippen molar-refractivity contribution in [1.82, 2.24) is 4.57 Å². The van der Waals surface area contributed by atoms with E-state index in [1.54, 1.807) is 30.5 Å². The highest BCUT2D eigenvalue weighted by molar-refractivity contribution is 6.09. The molecule has 0 aliphatic heterocycles. The maximum atomic E-state index is 13.7. The number of fused-ring (bicyclic) bond motifs is 1. The molecular formula is C28H30N2O6. The van der Waals surface area contributed by atoms with E-state index in [4.69, 9.17) is 14.2 Å². The van der Waals surface area contributed by atoms with Gasteiger partial charge in [-0.2, -0.15) is 0 Å². The molecule has 188 valence electrons. The van der Waals surface area contributed by atoms with Crippen LogP contribution in [0.4, 0.5) is 5.69 Å². The molecule has 1 aliphatic carbocycles. The fourth-order valence-corrected chi connectivity index (χ4v) is 4.62. The maximum Gasteiger partial charge on any atom is 0.268 e. The Bertz CT molecular complexity index is 1380. The minimum atomic E-state index is -0.613. The smallest absolute Gasteiger partial charge is 0.268 e. The van der Waals surface area contributed by atoms with Gasteiger partial charge in [-0.15, -0.1) is 0 Å². The number of amides is 1. The zero-order valence-electron chi connectivity index (χ0n) is 21.4. The van der Waals surface area contributed by atoms with Crippen LogP contribution in [-0.4, -0.2) is 37.6 Å². The molecule has 1 N–H and O–H groups in total. The van der Waals surface area contributed by atoms with Crippen LogP contribution in [0.2, 0.25) is 0 Å². The van der Waals surface area contributed by atoms with Gasteiger partial charge in [-0.1, -0.05) is 31.5 Å². The van der Waals surface area contributed by atoms with Gasteiger partial charge in [-0.3, -0.25) is 19.0 Å². The molecule has 2 aromatic carbocycles. The van der Waals surface area contributed by atoms with Crippen molar-refractivity contribution in [3.05, 3.63) is 75.2 Å². The first-order valence-electron chi connectivity index (χ1n) is 11.6. The van der Waals surface area contributed by atoms with E-state index in [1.807, 2.05) is 32.9 Å². The summed E-state index contributed by atoms with van der Waals surface area (Å²) >= 11 is 0. The van der Waals surface area contributed by atoms with Crippen LogP contribution in [0.3, 0.4) is 0 Å². The van der Waals surface area contributed by atoms with Gasteiger partial charge in [-0.25, -0.2) is 0 Å². The van der Waals surface area contributed by atoms with Crippen molar-refractivity contribution < 1.29 is 23.8 Å². The van der Waals surface area contributed by atoms with Crippen molar-refractivity contribution in [1.29, 1.82) is 0 Å². The third-order valence-corrected chi connectivity index (χ3v) is 6.37. The van der Waals surface area contributed by atoms with Crippen molar-refractivity contribution in [2.24, 2.45) is 5.41 Å². The molecule has 0 radical (unpaired) electrons. The topological polar surface area (TPSA) is 95.9 Å². The highest BCUT2D eigenvalue weighted by Gasteiger charge is 2.36. The van der Waals surface area contributed by atoms with Crippen LogP contribution in [-0.2, 0) is 6.42 Å². The molecule has 0 bridgehead atoms. The van der Waals surface area contributed by atoms with E-state index in [9.17, 15) is 14.4 Å². The number of ketones is 1. The number of Topliss-reactive ketones (excluding diaryl/α,β-unsaturated/α-hetero) is 1. The number of ether oxygens (including phenoxy) is 3. The summed E-state index contributed by atoms with van der Waals surface area (Å²) in [6, 6.07) is 10.5. The van der Waals surface area contributed by atoms with Gasteiger partial charge in [-0.05, 0) is 36.5 Å². The lowest BCUT2D eigenvalue weighted by atomic mass is 9.73. The average Bonchev–Trinajstić information content (AvgIpc) is 2.83. The van der Waals surface area contributed by atoms with Gasteiger partial charge in [0.2, 0.25) is 5.75 Å². The largest absolute Gasteiger partial charge is 0.493 e. The number of pyridine rings is 1. The van der Waals surface area contributed by atoms with E-state index in [-0.39, 0.29) is 16.8 Å². The summed E-state index contributed by atoms with van der Waals surface area (Å²) in [4.78, 5) is 40.5. The Morgan fingerprint density at radius 1 is 0.944 bits per heavy atom. The maximum absolute atomic E-state index is 13.7. The Balaban J connectivity index is 1.88. The molecule has 0 atom stereocenters. The van der Waals surface area contributed by atoms with Gasteiger partial charge < -0.3 is 19.5 Å². The second-order valence-electron chi connectivity index (χ2n) is 9.72. The average molecular weight is 491 g/mol. The normalized spacial score (nSPS) is 14.1. The van der Waals surface area contributed by atoms with Crippen LogP contribution in [0.5, 0.6) is 17.2 Å². The number of hydrogen-bond acceptors (Lipinski definition) is 6. The molecule has 0 fully saturated rings. The van der Waals surface area contributed by atoms with Gasteiger partial charge >= 0.3 is 0 Å². The fraction of sp³-hybridized carbons (Fsp3) is 0.321. The number of anilines is 1. The number of carbonyl (C=O) groups excluding carboxylic acids is 2. The molecule has 0 saturated carbocycles. The SMILES string of the molecule is COc1cc(NC(=O)c2c3c(cn(-c4ccc(C)cc4)c2=O)C(=O)CC(C)(C)C3)cc(OC)c1OC. The third kappa shape index (κ3) is 4.58. The minimum absolute atomic E-state index is 0.0528. The second-order valence-corrected chi connectivity index (χ2v) is 9.72.